The van der Waals surface area contributed by atoms with Gasteiger partial charge in [-0.2, -0.15) is 0 Å². The Labute approximate surface area is 101 Å². The molecule has 0 aromatic rings. The van der Waals surface area contributed by atoms with Crippen molar-refractivity contribution in [1.82, 2.24) is 0 Å². The van der Waals surface area contributed by atoms with Crippen LogP contribution in [-0.4, -0.2) is 24.1 Å². The molecule has 0 atom stereocenters. The van der Waals surface area contributed by atoms with Crippen molar-refractivity contribution >= 4 is 11.8 Å². The molecular formula is C13H20O2S. The first kappa shape index (κ1) is 10.2. The van der Waals surface area contributed by atoms with Gasteiger partial charge in [0.15, 0.2) is 0 Å². The minimum atomic E-state index is -0.282. The Kier molecular flexibility index (Phi) is 1.91. The van der Waals surface area contributed by atoms with Crippen LogP contribution in [0.25, 0.3) is 0 Å². The van der Waals surface area contributed by atoms with E-state index in [2.05, 4.69) is 0 Å². The van der Waals surface area contributed by atoms with Crippen LogP contribution < -0.4 is 0 Å². The van der Waals surface area contributed by atoms with E-state index in [9.17, 15) is 0 Å². The van der Waals surface area contributed by atoms with Crippen molar-refractivity contribution in [2.45, 2.75) is 42.0 Å². The molecule has 1 saturated heterocycles. The van der Waals surface area contributed by atoms with E-state index in [1.54, 1.807) is 0 Å². The SMILES string of the molecule is COC1(OC)SC12C1CC3CC(C1)CC2C3. The van der Waals surface area contributed by atoms with E-state index in [-0.39, 0.29) is 5.12 Å². The third kappa shape index (κ3) is 0.956. The highest BCUT2D eigenvalue weighted by Crippen LogP contribution is 2.79. The lowest BCUT2D eigenvalue weighted by molar-refractivity contribution is -0.170. The van der Waals surface area contributed by atoms with Crippen LogP contribution in [0.1, 0.15) is 32.1 Å². The van der Waals surface area contributed by atoms with Gasteiger partial charge in [0.25, 0.3) is 0 Å². The van der Waals surface area contributed by atoms with Crippen LogP contribution >= 0.6 is 11.8 Å². The normalized spacial score (nSPS) is 55.9. The van der Waals surface area contributed by atoms with Crippen molar-refractivity contribution < 1.29 is 9.47 Å². The fraction of sp³-hybridized carbons (Fsp3) is 1.00. The van der Waals surface area contributed by atoms with Gasteiger partial charge in [-0.3, -0.25) is 0 Å². The molecule has 5 rings (SSSR count). The molecule has 3 heteroatoms. The number of hydrogen-bond acceptors (Lipinski definition) is 3. The summed E-state index contributed by atoms with van der Waals surface area (Å²) >= 11 is 1.98. The molecule has 4 aliphatic carbocycles. The maximum atomic E-state index is 5.72. The average molecular weight is 240 g/mol. The maximum absolute atomic E-state index is 5.72. The molecule has 0 unspecified atom stereocenters. The molecule has 4 bridgehead atoms. The molecule has 0 radical (unpaired) electrons. The van der Waals surface area contributed by atoms with Crippen LogP contribution in [0.5, 0.6) is 0 Å². The fourth-order valence-corrected chi connectivity index (χ4v) is 7.01. The van der Waals surface area contributed by atoms with Crippen molar-refractivity contribution in [3.63, 3.8) is 0 Å². The molecule has 0 aromatic carbocycles. The van der Waals surface area contributed by atoms with Crippen molar-refractivity contribution in [3.05, 3.63) is 0 Å². The van der Waals surface area contributed by atoms with Crippen molar-refractivity contribution in [1.29, 1.82) is 0 Å². The van der Waals surface area contributed by atoms with Crippen LogP contribution in [-0.2, 0) is 9.47 Å². The van der Waals surface area contributed by atoms with Gasteiger partial charge >= 0.3 is 0 Å². The number of rotatable bonds is 2. The number of ether oxygens (including phenoxy) is 2. The molecule has 5 fully saturated rings. The topological polar surface area (TPSA) is 18.5 Å². The predicted molar refractivity (Wildman–Crippen MR) is 64.1 cm³/mol. The van der Waals surface area contributed by atoms with E-state index in [1.807, 2.05) is 26.0 Å². The molecule has 0 amide bonds. The van der Waals surface area contributed by atoms with Crippen LogP contribution in [0.3, 0.4) is 0 Å². The lowest BCUT2D eigenvalue weighted by Crippen LogP contribution is -2.54. The summed E-state index contributed by atoms with van der Waals surface area (Å²) in [6.07, 6.45) is 7.27. The third-order valence-corrected chi connectivity index (χ3v) is 7.64. The molecule has 1 spiro atoms. The highest BCUT2D eigenvalue weighted by molar-refractivity contribution is 8.09. The Morgan fingerprint density at radius 2 is 1.38 bits per heavy atom. The lowest BCUT2D eigenvalue weighted by atomic mass is 9.51. The fourth-order valence-electron chi connectivity index (χ4n) is 5.23. The van der Waals surface area contributed by atoms with Crippen molar-refractivity contribution in [3.8, 4) is 0 Å². The molecule has 0 aromatic heterocycles. The molecular weight excluding hydrogens is 220 g/mol. The number of methoxy groups -OCH3 is 2. The van der Waals surface area contributed by atoms with Gasteiger partial charge in [0, 0.05) is 14.2 Å². The largest absolute Gasteiger partial charge is 0.343 e. The first-order valence-corrected chi connectivity index (χ1v) is 7.36. The minimum Gasteiger partial charge on any atom is -0.343 e. The van der Waals surface area contributed by atoms with Crippen LogP contribution in [0.2, 0.25) is 0 Å². The van der Waals surface area contributed by atoms with Crippen LogP contribution in [0, 0.1) is 23.7 Å². The van der Waals surface area contributed by atoms with Gasteiger partial charge in [0.1, 0.15) is 0 Å². The van der Waals surface area contributed by atoms with Gasteiger partial charge in [-0.25, -0.2) is 0 Å². The highest BCUT2D eigenvalue weighted by atomic mass is 32.2. The summed E-state index contributed by atoms with van der Waals surface area (Å²) in [5, 5.41) is -0.282. The minimum absolute atomic E-state index is 0.282. The number of thioether (sulfide) groups is 1. The summed E-state index contributed by atoms with van der Waals surface area (Å²) in [5.74, 6) is 3.80. The van der Waals surface area contributed by atoms with Gasteiger partial charge in [-0.15, -0.1) is 0 Å². The molecule has 1 heterocycles. The van der Waals surface area contributed by atoms with E-state index < -0.39 is 0 Å². The number of hydrogen-bond donors (Lipinski definition) is 0. The Morgan fingerprint density at radius 3 is 1.75 bits per heavy atom. The lowest BCUT2D eigenvalue weighted by Gasteiger charge is -2.55. The zero-order valence-electron chi connectivity index (χ0n) is 10.1. The van der Waals surface area contributed by atoms with E-state index >= 15 is 0 Å². The van der Waals surface area contributed by atoms with Gasteiger partial charge in [-0.1, -0.05) is 11.8 Å². The van der Waals surface area contributed by atoms with E-state index in [1.165, 1.54) is 32.1 Å². The van der Waals surface area contributed by atoms with E-state index in [4.69, 9.17) is 9.47 Å². The molecule has 1 aliphatic heterocycles. The van der Waals surface area contributed by atoms with Gasteiger partial charge < -0.3 is 9.47 Å². The molecule has 0 N–H and O–H groups in total. The second kappa shape index (κ2) is 2.99. The monoisotopic (exact) mass is 240 g/mol. The van der Waals surface area contributed by atoms with Gasteiger partial charge in [0.2, 0.25) is 5.12 Å². The molecule has 90 valence electrons. The summed E-state index contributed by atoms with van der Waals surface area (Å²) in [6, 6.07) is 0. The molecule has 16 heavy (non-hydrogen) atoms. The average Bonchev–Trinajstić information content (AvgIpc) is 2.96. The van der Waals surface area contributed by atoms with Crippen molar-refractivity contribution in [2.24, 2.45) is 23.7 Å². The smallest absolute Gasteiger partial charge is 0.234 e. The summed E-state index contributed by atoms with van der Waals surface area (Å²) in [5.41, 5.74) is 0. The van der Waals surface area contributed by atoms with E-state index in [0.29, 0.717) is 4.75 Å². The first-order valence-electron chi connectivity index (χ1n) is 6.54. The van der Waals surface area contributed by atoms with Crippen LogP contribution in [0.15, 0.2) is 0 Å². The highest BCUT2D eigenvalue weighted by Gasteiger charge is 2.80. The van der Waals surface area contributed by atoms with Crippen LogP contribution in [0.4, 0.5) is 0 Å². The summed E-state index contributed by atoms with van der Waals surface area (Å²) in [6.45, 7) is 0. The van der Waals surface area contributed by atoms with Gasteiger partial charge in [0.05, 0.1) is 4.75 Å². The Bertz CT molecular complexity index is 296. The first-order chi connectivity index (χ1) is 7.74. The Morgan fingerprint density at radius 1 is 0.875 bits per heavy atom. The quantitative estimate of drug-likeness (QED) is 0.546. The summed E-state index contributed by atoms with van der Waals surface area (Å²) in [7, 11) is 3.63. The second-order valence-corrected chi connectivity index (χ2v) is 7.58. The molecule has 2 nitrogen and oxygen atoms in total. The zero-order valence-corrected chi connectivity index (χ0v) is 10.9. The Hall–Kier alpha value is 0.270. The predicted octanol–water partition coefficient (Wildman–Crippen LogP) is 2.87. The molecule has 5 aliphatic rings. The van der Waals surface area contributed by atoms with Gasteiger partial charge in [-0.05, 0) is 55.8 Å². The second-order valence-electron chi connectivity index (χ2n) is 6.16. The summed E-state index contributed by atoms with van der Waals surface area (Å²) < 4.78 is 11.8. The third-order valence-electron chi connectivity index (χ3n) is 5.63. The van der Waals surface area contributed by atoms with E-state index in [0.717, 1.165) is 23.7 Å². The molecule has 4 saturated carbocycles. The summed E-state index contributed by atoms with van der Waals surface area (Å²) in [4.78, 5) is 0. The maximum Gasteiger partial charge on any atom is 0.234 e. The van der Waals surface area contributed by atoms with Crippen molar-refractivity contribution in [2.75, 3.05) is 14.2 Å². The Balaban J connectivity index is 1.71. The standard InChI is InChI=1S/C13H20O2S/c1-14-13(15-2)12(16-13)10-4-8-3-9(6-10)7-11(12)5-8/h8-11H,3-7H2,1-2H3. The zero-order chi connectivity index (χ0) is 11.0.